The zero-order valence-corrected chi connectivity index (χ0v) is 15.0. The summed E-state index contributed by atoms with van der Waals surface area (Å²) in [5, 5.41) is 0. The summed E-state index contributed by atoms with van der Waals surface area (Å²) in [5.41, 5.74) is 4.62. The average Bonchev–Trinajstić information content (AvgIpc) is 2.28. The first kappa shape index (κ1) is 16.7. The SMILES string of the molecule is CC1(C)CN(S(=O)(=O)c2cc(Br)cnc2N)CC(C)(C)O1. The number of sulfonamides is 1. The molecule has 0 saturated carbocycles. The van der Waals surface area contributed by atoms with Crippen molar-refractivity contribution in [1.82, 2.24) is 9.29 Å². The van der Waals surface area contributed by atoms with Crippen LogP contribution in [0, 0.1) is 0 Å². The molecule has 0 aromatic carbocycles. The van der Waals surface area contributed by atoms with E-state index in [2.05, 4.69) is 20.9 Å². The van der Waals surface area contributed by atoms with Gasteiger partial charge in [-0.25, -0.2) is 13.4 Å². The van der Waals surface area contributed by atoms with E-state index >= 15 is 0 Å². The summed E-state index contributed by atoms with van der Waals surface area (Å²) in [7, 11) is -3.72. The van der Waals surface area contributed by atoms with E-state index < -0.39 is 21.2 Å². The van der Waals surface area contributed by atoms with Gasteiger partial charge in [0, 0.05) is 23.8 Å². The molecule has 2 N–H and O–H groups in total. The van der Waals surface area contributed by atoms with Crippen molar-refractivity contribution in [1.29, 1.82) is 0 Å². The van der Waals surface area contributed by atoms with Gasteiger partial charge in [0.15, 0.2) is 0 Å². The summed E-state index contributed by atoms with van der Waals surface area (Å²) in [6.45, 7) is 8.03. The first-order valence-electron chi connectivity index (χ1n) is 6.54. The van der Waals surface area contributed by atoms with Crippen LogP contribution in [0.4, 0.5) is 5.82 Å². The van der Waals surface area contributed by atoms with E-state index in [9.17, 15) is 8.42 Å². The molecule has 1 saturated heterocycles. The minimum absolute atomic E-state index is 0.000282. The van der Waals surface area contributed by atoms with Crippen LogP contribution in [0.25, 0.3) is 0 Å². The fourth-order valence-electron chi connectivity index (χ4n) is 2.66. The largest absolute Gasteiger partial charge is 0.383 e. The zero-order valence-electron chi connectivity index (χ0n) is 12.6. The van der Waals surface area contributed by atoms with E-state index in [1.165, 1.54) is 16.6 Å². The van der Waals surface area contributed by atoms with Gasteiger partial charge in [0.05, 0.1) is 11.2 Å². The Bertz CT molecular complexity index is 643. The molecule has 1 aliphatic heterocycles. The lowest BCUT2D eigenvalue weighted by Crippen LogP contribution is -2.58. The van der Waals surface area contributed by atoms with Crippen molar-refractivity contribution in [3.8, 4) is 0 Å². The van der Waals surface area contributed by atoms with Gasteiger partial charge in [-0.1, -0.05) is 0 Å². The second-order valence-electron chi connectivity index (χ2n) is 6.43. The quantitative estimate of drug-likeness (QED) is 0.851. The zero-order chi connectivity index (χ0) is 16.1. The number of hydrogen-bond donors (Lipinski definition) is 1. The van der Waals surface area contributed by atoms with Gasteiger partial charge in [0.25, 0.3) is 0 Å². The van der Waals surface area contributed by atoms with Crippen LogP contribution in [-0.4, -0.2) is 42.0 Å². The molecule has 2 heterocycles. The lowest BCUT2D eigenvalue weighted by atomic mass is 10.0. The molecule has 8 heteroatoms. The minimum Gasteiger partial charge on any atom is -0.383 e. The van der Waals surface area contributed by atoms with E-state index in [4.69, 9.17) is 10.5 Å². The van der Waals surface area contributed by atoms with Gasteiger partial charge in [-0.15, -0.1) is 0 Å². The van der Waals surface area contributed by atoms with Crippen molar-refractivity contribution in [3.05, 3.63) is 16.7 Å². The molecule has 1 aliphatic rings. The van der Waals surface area contributed by atoms with Crippen LogP contribution in [0.2, 0.25) is 0 Å². The predicted octanol–water partition coefficient (Wildman–Crippen LogP) is 2.00. The third kappa shape index (κ3) is 3.56. The fourth-order valence-corrected chi connectivity index (χ4v) is 4.98. The molecule has 0 aliphatic carbocycles. The maximum atomic E-state index is 12.9. The van der Waals surface area contributed by atoms with Gasteiger partial charge < -0.3 is 10.5 Å². The molecule has 118 valence electrons. The van der Waals surface area contributed by atoms with E-state index in [1.807, 2.05) is 27.7 Å². The maximum Gasteiger partial charge on any atom is 0.246 e. The number of halogens is 1. The fraction of sp³-hybridized carbons (Fsp3) is 0.615. The lowest BCUT2D eigenvalue weighted by Gasteiger charge is -2.46. The van der Waals surface area contributed by atoms with Crippen LogP contribution in [0.1, 0.15) is 27.7 Å². The number of ether oxygens (including phenoxy) is 1. The molecule has 0 radical (unpaired) electrons. The van der Waals surface area contributed by atoms with E-state index in [-0.39, 0.29) is 23.8 Å². The average molecular weight is 378 g/mol. The van der Waals surface area contributed by atoms with E-state index in [1.54, 1.807) is 0 Å². The Labute approximate surface area is 133 Å². The first-order valence-corrected chi connectivity index (χ1v) is 8.78. The Morgan fingerprint density at radius 1 is 1.29 bits per heavy atom. The number of nitrogen functional groups attached to an aromatic ring is 1. The van der Waals surface area contributed by atoms with Crippen LogP contribution in [0.3, 0.4) is 0 Å². The van der Waals surface area contributed by atoms with Crippen molar-refractivity contribution >= 4 is 31.8 Å². The lowest BCUT2D eigenvalue weighted by molar-refractivity contribution is -0.163. The van der Waals surface area contributed by atoms with Crippen molar-refractivity contribution in [2.24, 2.45) is 0 Å². The van der Waals surface area contributed by atoms with Gasteiger partial charge in [0.1, 0.15) is 10.7 Å². The van der Waals surface area contributed by atoms with Gasteiger partial charge >= 0.3 is 0 Å². The molecule has 1 fully saturated rings. The summed E-state index contributed by atoms with van der Waals surface area (Å²) in [4.78, 5) is 3.93. The third-order valence-corrected chi connectivity index (χ3v) is 5.39. The highest BCUT2D eigenvalue weighted by Gasteiger charge is 2.43. The molecule has 0 bridgehead atoms. The molecule has 0 amide bonds. The van der Waals surface area contributed by atoms with Gasteiger partial charge in [-0.05, 0) is 49.7 Å². The summed E-state index contributed by atoms with van der Waals surface area (Å²) in [6.07, 6.45) is 1.47. The molecule has 2 rings (SSSR count). The number of nitrogens with zero attached hydrogens (tertiary/aromatic N) is 2. The minimum atomic E-state index is -3.72. The number of rotatable bonds is 2. The highest BCUT2D eigenvalue weighted by atomic mass is 79.9. The number of hydrogen-bond acceptors (Lipinski definition) is 5. The van der Waals surface area contributed by atoms with Crippen molar-refractivity contribution in [2.45, 2.75) is 43.8 Å². The third-order valence-electron chi connectivity index (χ3n) is 3.13. The Morgan fingerprint density at radius 3 is 2.33 bits per heavy atom. The van der Waals surface area contributed by atoms with Crippen LogP contribution >= 0.6 is 15.9 Å². The van der Waals surface area contributed by atoms with E-state index in [0.29, 0.717) is 4.47 Å². The Balaban J connectivity index is 2.46. The number of morpholine rings is 1. The molecular weight excluding hydrogens is 358 g/mol. The molecule has 21 heavy (non-hydrogen) atoms. The van der Waals surface area contributed by atoms with Crippen molar-refractivity contribution in [2.75, 3.05) is 18.8 Å². The highest BCUT2D eigenvalue weighted by molar-refractivity contribution is 9.10. The van der Waals surface area contributed by atoms with Gasteiger partial charge in [0.2, 0.25) is 10.0 Å². The topological polar surface area (TPSA) is 85.5 Å². The Morgan fingerprint density at radius 2 is 1.81 bits per heavy atom. The normalized spacial score (nSPS) is 22.1. The van der Waals surface area contributed by atoms with Gasteiger partial charge in [-0.2, -0.15) is 4.31 Å². The monoisotopic (exact) mass is 377 g/mol. The first-order chi connectivity index (χ1) is 9.43. The molecule has 0 spiro atoms. The summed E-state index contributed by atoms with van der Waals surface area (Å²) in [5.74, 6) is 0.000282. The highest BCUT2D eigenvalue weighted by Crippen LogP contribution is 2.33. The van der Waals surface area contributed by atoms with Crippen molar-refractivity contribution in [3.63, 3.8) is 0 Å². The summed E-state index contributed by atoms with van der Waals surface area (Å²) in [6, 6.07) is 1.48. The smallest absolute Gasteiger partial charge is 0.246 e. The number of anilines is 1. The van der Waals surface area contributed by atoms with Crippen LogP contribution < -0.4 is 5.73 Å². The van der Waals surface area contributed by atoms with Crippen molar-refractivity contribution < 1.29 is 13.2 Å². The second kappa shape index (κ2) is 5.19. The molecule has 0 atom stereocenters. The summed E-state index contributed by atoms with van der Waals surface area (Å²) >= 11 is 3.23. The molecular formula is C13H20BrN3O3S. The molecule has 1 aromatic rings. The standard InChI is InChI=1S/C13H20BrN3O3S/c1-12(2)7-17(8-13(3,4)20-12)21(18,19)10-5-9(14)6-16-11(10)15/h5-6H,7-8H2,1-4H3,(H2,15,16). The molecule has 0 unspecified atom stereocenters. The number of aromatic nitrogens is 1. The second-order valence-corrected chi connectivity index (χ2v) is 9.25. The number of nitrogens with two attached hydrogens (primary N) is 1. The predicted molar refractivity (Wildman–Crippen MR) is 84.4 cm³/mol. The van der Waals surface area contributed by atoms with Crippen LogP contribution in [0.5, 0.6) is 0 Å². The Hall–Kier alpha value is -0.700. The van der Waals surface area contributed by atoms with Crippen LogP contribution in [-0.2, 0) is 14.8 Å². The van der Waals surface area contributed by atoms with E-state index in [0.717, 1.165) is 0 Å². The summed E-state index contributed by atoms with van der Waals surface area (Å²) < 4.78 is 33.6. The van der Waals surface area contributed by atoms with Gasteiger partial charge in [-0.3, -0.25) is 0 Å². The van der Waals surface area contributed by atoms with Crippen LogP contribution in [0.15, 0.2) is 21.6 Å². The number of pyridine rings is 1. The Kier molecular flexibility index (Phi) is 4.12. The maximum absolute atomic E-state index is 12.9. The molecule has 1 aromatic heterocycles. The molecule has 6 nitrogen and oxygen atoms in total.